The molecule has 6 nitrogen and oxygen atoms in total. The van der Waals surface area contributed by atoms with E-state index in [1.807, 2.05) is 0 Å². The molecule has 1 aromatic heterocycles. The lowest BCUT2D eigenvalue weighted by atomic mass is 10.1. The second-order valence-electron chi connectivity index (χ2n) is 5.31. The third-order valence-electron chi connectivity index (χ3n) is 2.97. The van der Waals surface area contributed by atoms with Crippen molar-refractivity contribution in [1.29, 1.82) is 0 Å². The van der Waals surface area contributed by atoms with Crippen LogP contribution in [0.15, 0.2) is 34.9 Å². The van der Waals surface area contributed by atoms with Crippen molar-refractivity contribution < 1.29 is 19.1 Å². The summed E-state index contributed by atoms with van der Waals surface area (Å²) in [6.45, 7) is 2.82. The first-order valence-corrected chi connectivity index (χ1v) is 6.90. The van der Waals surface area contributed by atoms with Gasteiger partial charge in [0.1, 0.15) is 11.8 Å². The molecule has 2 N–H and O–H groups in total. The number of aliphatic carboxylic acids is 1. The van der Waals surface area contributed by atoms with Crippen LogP contribution in [0.3, 0.4) is 0 Å². The molecule has 0 unspecified atom stereocenters. The van der Waals surface area contributed by atoms with Gasteiger partial charge in [0.05, 0.1) is 12.1 Å². The standard InChI is InChI=1S/C15H15ClN2O4/c1-15(2,14(20)21)18-12(19)7-11-8-22-13(17-11)9-3-5-10(16)6-4-9/h3-6,8H,7H2,1-2H3,(H,18,19)(H,20,21). The van der Waals surface area contributed by atoms with Gasteiger partial charge >= 0.3 is 5.97 Å². The number of hydrogen-bond donors (Lipinski definition) is 2. The number of carbonyl (C=O) groups is 2. The number of halogens is 1. The molecule has 0 fully saturated rings. The summed E-state index contributed by atoms with van der Waals surface area (Å²) in [4.78, 5) is 27.0. The zero-order valence-electron chi connectivity index (χ0n) is 12.1. The molecule has 1 heterocycles. The number of nitrogens with one attached hydrogen (secondary N) is 1. The smallest absolute Gasteiger partial charge is 0.328 e. The van der Waals surface area contributed by atoms with E-state index in [0.29, 0.717) is 16.6 Å². The fourth-order valence-electron chi connectivity index (χ4n) is 1.72. The minimum atomic E-state index is -1.33. The van der Waals surface area contributed by atoms with Gasteiger partial charge in [-0.3, -0.25) is 4.79 Å². The number of benzene rings is 1. The van der Waals surface area contributed by atoms with E-state index in [-0.39, 0.29) is 6.42 Å². The third-order valence-corrected chi connectivity index (χ3v) is 3.22. The summed E-state index contributed by atoms with van der Waals surface area (Å²) in [6, 6.07) is 6.93. The van der Waals surface area contributed by atoms with E-state index in [0.717, 1.165) is 5.56 Å². The number of amides is 1. The first-order valence-electron chi connectivity index (χ1n) is 6.53. The first-order chi connectivity index (χ1) is 10.3. The van der Waals surface area contributed by atoms with Gasteiger partial charge in [-0.1, -0.05) is 11.6 Å². The molecule has 0 aliphatic rings. The van der Waals surface area contributed by atoms with Crippen LogP contribution in [0.2, 0.25) is 5.02 Å². The van der Waals surface area contributed by atoms with Gasteiger partial charge in [-0.15, -0.1) is 0 Å². The molecule has 1 aromatic carbocycles. The Morgan fingerprint density at radius 3 is 2.55 bits per heavy atom. The largest absolute Gasteiger partial charge is 0.480 e. The molecule has 0 saturated heterocycles. The Hall–Kier alpha value is -2.34. The van der Waals surface area contributed by atoms with E-state index >= 15 is 0 Å². The number of nitrogens with zero attached hydrogens (tertiary/aromatic N) is 1. The molecule has 2 aromatic rings. The number of carboxylic acid groups (broad SMARTS) is 1. The van der Waals surface area contributed by atoms with Gasteiger partial charge in [-0.05, 0) is 38.1 Å². The SMILES string of the molecule is CC(C)(NC(=O)Cc1coc(-c2ccc(Cl)cc2)n1)C(=O)O. The maximum atomic E-state index is 11.8. The molecule has 0 bridgehead atoms. The van der Waals surface area contributed by atoms with Crippen LogP contribution in [-0.2, 0) is 16.0 Å². The van der Waals surface area contributed by atoms with Crippen LogP contribution < -0.4 is 5.32 Å². The molecule has 7 heteroatoms. The van der Waals surface area contributed by atoms with Crippen LogP contribution in [0.1, 0.15) is 19.5 Å². The van der Waals surface area contributed by atoms with E-state index in [9.17, 15) is 9.59 Å². The van der Waals surface area contributed by atoms with Gasteiger partial charge in [0.15, 0.2) is 0 Å². The third kappa shape index (κ3) is 3.85. The van der Waals surface area contributed by atoms with Crippen LogP contribution in [0, 0.1) is 0 Å². The molecule has 22 heavy (non-hydrogen) atoms. The monoisotopic (exact) mass is 322 g/mol. The highest BCUT2D eigenvalue weighted by Gasteiger charge is 2.29. The predicted octanol–water partition coefficient (Wildman–Crippen LogP) is 2.52. The first kappa shape index (κ1) is 16.0. The van der Waals surface area contributed by atoms with E-state index < -0.39 is 17.4 Å². The number of aromatic nitrogens is 1. The van der Waals surface area contributed by atoms with E-state index in [1.54, 1.807) is 24.3 Å². The summed E-state index contributed by atoms with van der Waals surface area (Å²) < 4.78 is 5.32. The van der Waals surface area contributed by atoms with Gasteiger partial charge in [0, 0.05) is 10.6 Å². The van der Waals surface area contributed by atoms with Crippen molar-refractivity contribution in [3.63, 3.8) is 0 Å². The Kier molecular flexibility index (Phi) is 4.51. The lowest BCUT2D eigenvalue weighted by molar-refractivity contribution is -0.145. The molecule has 1 amide bonds. The second-order valence-corrected chi connectivity index (χ2v) is 5.74. The summed E-state index contributed by atoms with van der Waals surface area (Å²) in [5.74, 6) is -1.18. The van der Waals surface area contributed by atoms with Crippen molar-refractivity contribution >= 4 is 23.5 Å². The molecule has 0 saturated carbocycles. The minimum absolute atomic E-state index is 0.0617. The molecule has 0 aliphatic carbocycles. The average molecular weight is 323 g/mol. The molecule has 2 rings (SSSR count). The number of rotatable bonds is 5. The Balaban J connectivity index is 2.05. The molecule has 116 valence electrons. The minimum Gasteiger partial charge on any atom is -0.480 e. The Bertz CT molecular complexity index is 692. The zero-order chi connectivity index (χ0) is 16.3. The number of carboxylic acids is 1. The highest BCUT2D eigenvalue weighted by atomic mass is 35.5. The highest BCUT2D eigenvalue weighted by Crippen LogP contribution is 2.21. The van der Waals surface area contributed by atoms with Gasteiger partial charge < -0.3 is 14.8 Å². The predicted molar refractivity (Wildman–Crippen MR) is 80.5 cm³/mol. The normalized spacial score (nSPS) is 11.2. The summed E-state index contributed by atoms with van der Waals surface area (Å²) >= 11 is 5.81. The van der Waals surface area contributed by atoms with Crippen molar-refractivity contribution in [1.82, 2.24) is 10.3 Å². The Labute approximate surface area is 132 Å². The number of hydrogen-bond acceptors (Lipinski definition) is 4. The lowest BCUT2D eigenvalue weighted by Gasteiger charge is -2.20. The van der Waals surface area contributed by atoms with Gasteiger partial charge in [-0.25, -0.2) is 9.78 Å². The average Bonchev–Trinajstić information content (AvgIpc) is 2.87. The summed E-state index contributed by atoms with van der Waals surface area (Å²) in [5.41, 5.74) is -0.176. The summed E-state index contributed by atoms with van der Waals surface area (Å²) in [5, 5.41) is 12.0. The van der Waals surface area contributed by atoms with Gasteiger partial charge in [0.25, 0.3) is 0 Å². The Morgan fingerprint density at radius 2 is 1.95 bits per heavy atom. The highest BCUT2D eigenvalue weighted by molar-refractivity contribution is 6.30. The summed E-state index contributed by atoms with van der Waals surface area (Å²) in [7, 11) is 0. The van der Waals surface area contributed by atoms with Crippen molar-refractivity contribution in [2.75, 3.05) is 0 Å². The zero-order valence-corrected chi connectivity index (χ0v) is 12.8. The van der Waals surface area contributed by atoms with Crippen molar-refractivity contribution in [3.05, 3.63) is 41.2 Å². The molecule has 0 spiro atoms. The van der Waals surface area contributed by atoms with Crippen molar-refractivity contribution in [2.24, 2.45) is 0 Å². The molecule has 0 atom stereocenters. The maximum Gasteiger partial charge on any atom is 0.328 e. The number of oxazole rings is 1. The molecular formula is C15H15ClN2O4. The molecular weight excluding hydrogens is 308 g/mol. The van der Waals surface area contributed by atoms with Crippen LogP contribution in [0.4, 0.5) is 0 Å². The quantitative estimate of drug-likeness (QED) is 0.882. The molecule has 0 aliphatic heterocycles. The van der Waals surface area contributed by atoms with Crippen LogP contribution in [0.5, 0.6) is 0 Å². The maximum absolute atomic E-state index is 11.8. The van der Waals surface area contributed by atoms with E-state index in [4.69, 9.17) is 21.1 Å². The number of carbonyl (C=O) groups excluding carboxylic acids is 1. The van der Waals surface area contributed by atoms with Crippen molar-refractivity contribution in [2.45, 2.75) is 25.8 Å². The summed E-state index contributed by atoms with van der Waals surface area (Å²) in [6.07, 6.45) is 1.31. The van der Waals surface area contributed by atoms with Crippen LogP contribution >= 0.6 is 11.6 Å². The van der Waals surface area contributed by atoms with E-state index in [1.165, 1.54) is 20.1 Å². The topological polar surface area (TPSA) is 92.4 Å². The van der Waals surface area contributed by atoms with Crippen molar-refractivity contribution in [3.8, 4) is 11.5 Å². The Morgan fingerprint density at radius 1 is 1.32 bits per heavy atom. The second kappa shape index (κ2) is 6.19. The lowest BCUT2D eigenvalue weighted by Crippen LogP contribution is -2.50. The fraction of sp³-hybridized carbons (Fsp3) is 0.267. The fourth-order valence-corrected chi connectivity index (χ4v) is 1.85. The molecule has 0 radical (unpaired) electrons. The van der Waals surface area contributed by atoms with Crippen LogP contribution in [0.25, 0.3) is 11.5 Å². The van der Waals surface area contributed by atoms with Gasteiger partial charge in [-0.2, -0.15) is 0 Å². The van der Waals surface area contributed by atoms with E-state index in [2.05, 4.69) is 10.3 Å². The van der Waals surface area contributed by atoms with Crippen LogP contribution in [-0.4, -0.2) is 27.5 Å². The van der Waals surface area contributed by atoms with Gasteiger partial charge in [0.2, 0.25) is 11.8 Å².